The van der Waals surface area contributed by atoms with E-state index in [9.17, 15) is 4.79 Å². The number of carbonyl (C=O) groups is 1. The van der Waals surface area contributed by atoms with E-state index in [0.717, 1.165) is 28.6 Å². The summed E-state index contributed by atoms with van der Waals surface area (Å²) in [4.78, 5) is 11.1. The maximum absolute atomic E-state index is 11.1. The number of hydrogen-bond acceptors (Lipinski definition) is 2. The van der Waals surface area contributed by atoms with Gasteiger partial charge < -0.3 is 4.40 Å². The third kappa shape index (κ3) is 1.49. The molecule has 2 aromatic rings. The lowest BCUT2D eigenvalue weighted by atomic mass is 10.1. The zero-order valence-electron chi connectivity index (χ0n) is 9.10. The van der Waals surface area contributed by atoms with Gasteiger partial charge in [0.05, 0.1) is 11.6 Å². The van der Waals surface area contributed by atoms with Crippen LogP contribution in [0.5, 0.6) is 0 Å². The van der Waals surface area contributed by atoms with Gasteiger partial charge in [-0.05, 0) is 24.6 Å². The fraction of sp³-hybridized carbons (Fsp3) is 0.231. The van der Waals surface area contributed by atoms with Gasteiger partial charge in [-0.25, -0.2) is 0 Å². The van der Waals surface area contributed by atoms with Crippen LogP contribution in [0.25, 0.3) is 5.52 Å². The molecule has 0 aromatic carbocycles. The Bertz CT molecular complexity index is 575. The fourth-order valence-corrected chi connectivity index (χ4v) is 2.06. The largest absolute Gasteiger partial charge is 0.320 e. The molecule has 3 nitrogen and oxygen atoms in total. The quantitative estimate of drug-likeness (QED) is 0.734. The molecular weight excluding hydrogens is 200 g/mol. The van der Waals surface area contributed by atoms with Gasteiger partial charge in [-0.3, -0.25) is 4.79 Å². The molecule has 0 bridgehead atoms. The highest BCUT2D eigenvalue weighted by molar-refractivity contribution is 5.89. The summed E-state index contributed by atoms with van der Waals surface area (Å²) in [6, 6.07) is 7.90. The molecule has 0 aliphatic rings. The maximum Gasteiger partial charge on any atom is 0.152 e. The Morgan fingerprint density at radius 2 is 2.31 bits per heavy atom. The highest BCUT2D eigenvalue weighted by Crippen LogP contribution is 2.22. The van der Waals surface area contributed by atoms with E-state index >= 15 is 0 Å². The van der Waals surface area contributed by atoms with Crippen molar-refractivity contribution in [2.75, 3.05) is 0 Å². The summed E-state index contributed by atoms with van der Waals surface area (Å²) in [5.74, 6) is 0. The number of aldehydes is 1. The Labute approximate surface area is 93.9 Å². The van der Waals surface area contributed by atoms with Crippen LogP contribution in [-0.4, -0.2) is 10.7 Å². The first-order chi connectivity index (χ1) is 7.79. The molecule has 0 spiro atoms. The summed E-state index contributed by atoms with van der Waals surface area (Å²) in [5, 5.41) is 8.63. The van der Waals surface area contributed by atoms with E-state index in [1.165, 1.54) is 0 Å². The monoisotopic (exact) mass is 212 g/mol. The van der Waals surface area contributed by atoms with Crippen LogP contribution in [0.3, 0.4) is 0 Å². The first-order valence-electron chi connectivity index (χ1n) is 5.20. The number of rotatable bonds is 3. The second-order valence-electron chi connectivity index (χ2n) is 3.72. The van der Waals surface area contributed by atoms with Crippen molar-refractivity contribution in [3.05, 3.63) is 41.2 Å². The minimum absolute atomic E-state index is 0.472. The number of nitriles is 1. The molecule has 2 aromatic heterocycles. The van der Waals surface area contributed by atoms with Crippen molar-refractivity contribution in [2.24, 2.45) is 0 Å². The second kappa shape index (κ2) is 4.19. The highest BCUT2D eigenvalue weighted by Gasteiger charge is 2.12. The predicted molar refractivity (Wildman–Crippen MR) is 61.5 cm³/mol. The SMILES string of the molecule is Cc1c(C=O)c2ccccn2c1CCC#N. The Hall–Kier alpha value is -2.08. The number of pyridine rings is 1. The summed E-state index contributed by atoms with van der Waals surface area (Å²) < 4.78 is 2.00. The minimum atomic E-state index is 0.472. The summed E-state index contributed by atoms with van der Waals surface area (Å²) in [6.07, 6.45) is 3.98. The standard InChI is InChI=1S/C13H12N2O/c1-10-11(9-16)13-5-2-3-8-15(13)12(10)6-4-7-14/h2-3,5,8-9H,4,6H2,1H3. The van der Waals surface area contributed by atoms with Crippen LogP contribution in [0.4, 0.5) is 0 Å². The number of aromatic nitrogens is 1. The van der Waals surface area contributed by atoms with Crippen LogP contribution in [0.2, 0.25) is 0 Å². The van der Waals surface area contributed by atoms with Gasteiger partial charge in [0.1, 0.15) is 0 Å². The molecule has 0 fully saturated rings. The van der Waals surface area contributed by atoms with Crippen molar-refractivity contribution in [3.8, 4) is 6.07 Å². The van der Waals surface area contributed by atoms with Crippen molar-refractivity contribution in [2.45, 2.75) is 19.8 Å². The Kier molecular flexibility index (Phi) is 2.74. The fourth-order valence-electron chi connectivity index (χ4n) is 2.06. The summed E-state index contributed by atoms with van der Waals surface area (Å²) in [7, 11) is 0. The molecule has 0 N–H and O–H groups in total. The first-order valence-corrected chi connectivity index (χ1v) is 5.20. The third-order valence-electron chi connectivity index (χ3n) is 2.85. The van der Waals surface area contributed by atoms with E-state index in [1.807, 2.05) is 35.7 Å². The second-order valence-corrected chi connectivity index (χ2v) is 3.72. The number of fused-ring (bicyclic) bond motifs is 1. The summed E-state index contributed by atoms with van der Waals surface area (Å²) in [5.41, 5.74) is 3.69. The van der Waals surface area contributed by atoms with Gasteiger partial charge in [-0.1, -0.05) is 6.07 Å². The van der Waals surface area contributed by atoms with Gasteiger partial charge in [0.2, 0.25) is 0 Å². The molecule has 16 heavy (non-hydrogen) atoms. The lowest BCUT2D eigenvalue weighted by molar-refractivity contribution is 0.112. The van der Waals surface area contributed by atoms with Gasteiger partial charge >= 0.3 is 0 Å². The van der Waals surface area contributed by atoms with Crippen molar-refractivity contribution in [1.82, 2.24) is 4.40 Å². The van der Waals surface area contributed by atoms with Gasteiger partial charge in [-0.15, -0.1) is 0 Å². The molecule has 0 saturated carbocycles. The topological polar surface area (TPSA) is 45.3 Å². The molecule has 0 saturated heterocycles. The van der Waals surface area contributed by atoms with E-state index in [0.29, 0.717) is 12.8 Å². The van der Waals surface area contributed by atoms with Crippen LogP contribution >= 0.6 is 0 Å². The molecule has 0 amide bonds. The van der Waals surface area contributed by atoms with Crippen LogP contribution in [0.1, 0.15) is 28.0 Å². The van der Waals surface area contributed by atoms with Crippen molar-refractivity contribution in [3.63, 3.8) is 0 Å². The molecule has 80 valence electrons. The van der Waals surface area contributed by atoms with E-state index in [1.54, 1.807) is 0 Å². The molecule has 3 heteroatoms. The predicted octanol–water partition coefficient (Wildman–Crippen LogP) is 2.52. The third-order valence-corrected chi connectivity index (χ3v) is 2.85. The molecule has 0 atom stereocenters. The minimum Gasteiger partial charge on any atom is -0.320 e. The van der Waals surface area contributed by atoms with Gasteiger partial charge in [-0.2, -0.15) is 5.26 Å². The van der Waals surface area contributed by atoms with Crippen molar-refractivity contribution in [1.29, 1.82) is 5.26 Å². The number of hydrogen-bond donors (Lipinski definition) is 0. The summed E-state index contributed by atoms with van der Waals surface area (Å²) in [6.45, 7) is 1.93. The first kappa shape index (κ1) is 10.4. The number of carbonyl (C=O) groups excluding carboxylic acids is 1. The van der Waals surface area contributed by atoms with Crippen molar-refractivity contribution >= 4 is 11.8 Å². The molecule has 2 rings (SSSR count). The smallest absolute Gasteiger partial charge is 0.152 e. The zero-order chi connectivity index (χ0) is 11.5. The molecule has 0 aliphatic heterocycles. The number of aryl methyl sites for hydroxylation is 1. The Balaban J connectivity index is 2.68. The van der Waals surface area contributed by atoms with E-state index < -0.39 is 0 Å². The average Bonchev–Trinajstić information content (AvgIpc) is 2.58. The normalized spacial score (nSPS) is 10.2. The lowest BCUT2D eigenvalue weighted by Crippen LogP contribution is -1.93. The molecule has 0 radical (unpaired) electrons. The van der Waals surface area contributed by atoms with Crippen LogP contribution in [0.15, 0.2) is 24.4 Å². The van der Waals surface area contributed by atoms with Crippen LogP contribution in [-0.2, 0) is 6.42 Å². The van der Waals surface area contributed by atoms with Crippen LogP contribution in [0, 0.1) is 18.3 Å². The maximum atomic E-state index is 11.1. The molecule has 2 heterocycles. The van der Waals surface area contributed by atoms with Gasteiger partial charge in [0, 0.05) is 30.3 Å². The molecular formula is C13H12N2O. The molecule has 0 unspecified atom stereocenters. The zero-order valence-corrected chi connectivity index (χ0v) is 9.10. The van der Waals surface area contributed by atoms with E-state index in [-0.39, 0.29) is 0 Å². The van der Waals surface area contributed by atoms with Crippen molar-refractivity contribution < 1.29 is 4.79 Å². The van der Waals surface area contributed by atoms with E-state index in [2.05, 4.69) is 6.07 Å². The summed E-state index contributed by atoms with van der Waals surface area (Å²) >= 11 is 0. The Morgan fingerprint density at radius 3 is 3.00 bits per heavy atom. The van der Waals surface area contributed by atoms with Crippen LogP contribution < -0.4 is 0 Å². The van der Waals surface area contributed by atoms with E-state index in [4.69, 9.17) is 5.26 Å². The lowest BCUT2D eigenvalue weighted by Gasteiger charge is -2.00. The van der Waals surface area contributed by atoms with Gasteiger partial charge in [0.25, 0.3) is 0 Å². The average molecular weight is 212 g/mol. The number of nitrogens with zero attached hydrogens (tertiary/aromatic N) is 2. The Morgan fingerprint density at radius 1 is 1.50 bits per heavy atom. The van der Waals surface area contributed by atoms with Gasteiger partial charge in [0.15, 0.2) is 6.29 Å². The molecule has 0 aliphatic carbocycles. The highest BCUT2D eigenvalue weighted by atomic mass is 16.1.